The van der Waals surface area contributed by atoms with Crippen LogP contribution in [0.2, 0.25) is 0 Å². The van der Waals surface area contributed by atoms with Crippen LogP contribution in [0.1, 0.15) is 23.2 Å². The standard InChI is InChI=1S/C20H21N3O4S2/c1-22-15-7-3-4-8-17(15)28-20(22)21-19(24)14-9-10-16(27-2)18(13-14)29(25,26)23-11-5-6-12-23/h3-4,7-10,13H,5-6,11-12H2,1-2H3. The van der Waals surface area contributed by atoms with E-state index in [0.717, 1.165) is 23.1 Å². The molecule has 1 aliphatic rings. The molecule has 1 saturated heterocycles. The number of methoxy groups -OCH3 is 1. The van der Waals surface area contributed by atoms with Crippen molar-refractivity contribution in [1.82, 2.24) is 8.87 Å². The number of fused-ring (bicyclic) bond motifs is 1. The van der Waals surface area contributed by atoms with E-state index in [0.29, 0.717) is 17.9 Å². The molecule has 4 rings (SSSR count). The molecule has 1 fully saturated rings. The molecule has 0 aliphatic carbocycles. The first-order valence-electron chi connectivity index (χ1n) is 9.23. The zero-order valence-corrected chi connectivity index (χ0v) is 17.8. The van der Waals surface area contributed by atoms with Crippen molar-refractivity contribution < 1.29 is 17.9 Å². The Kier molecular flexibility index (Phi) is 5.28. The molecular weight excluding hydrogens is 410 g/mol. The van der Waals surface area contributed by atoms with Crippen molar-refractivity contribution in [3.8, 4) is 5.75 Å². The van der Waals surface area contributed by atoms with Crippen LogP contribution in [0, 0.1) is 0 Å². The van der Waals surface area contributed by atoms with E-state index >= 15 is 0 Å². The van der Waals surface area contributed by atoms with E-state index in [1.54, 1.807) is 6.07 Å². The van der Waals surface area contributed by atoms with Crippen molar-refractivity contribution in [1.29, 1.82) is 0 Å². The van der Waals surface area contributed by atoms with E-state index < -0.39 is 15.9 Å². The van der Waals surface area contributed by atoms with Gasteiger partial charge in [-0.05, 0) is 43.2 Å². The van der Waals surface area contributed by atoms with Gasteiger partial charge in [-0.25, -0.2) is 8.42 Å². The van der Waals surface area contributed by atoms with Crippen LogP contribution in [0.25, 0.3) is 10.2 Å². The van der Waals surface area contributed by atoms with Crippen molar-refractivity contribution in [2.75, 3.05) is 20.2 Å². The number of amides is 1. The van der Waals surface area contributed by atoms with Gasteiger partial charge in [-0.15, -0.1) is 0 Å². The van der Waals surface area contributed by atoms with Gasteiger partial charge in [0.15, 0.2) is 4.80 Å². The average molecular weight is 432 g/mol. The number of nitrogens with zero attached hydrogens (tertiary/aromatic N) is 3. The molecule has 3 aromatic rings. The summed E-state index contributed by atoms with van der Waals surface area (Å²) in [7, 11) is -0.460. The van der Waals surface area contributed by atoms with Crippen molar-refractivity contribution >= 4 is 37.5 Å². The fourth-order valence-corrected chi connectivity index (χ4v) is 6.13. The normalized spacial score (nSPS) is 15.9. The summed E-state index contributed by atoms with van der Waals surface area (Å²) in [5, 5.41) is 0. The smallest absolute Gasteiger partial charge is 0.279 e. The van der Waals surface area contributed by atoms with Gasteiger partial charge in [0.2, 0.25) is 10.0 Å². The van der Waals surface area contributed by atoms with Crippen LogP contribution >= 0.6 is 11.3 Å². The SMILES string of the molecule is COc1ccc(C(=O)N=c2sc3ccccc3n2C)cc1S(=O)(=O)N1CCCC1. The third kappa shape index (κ3) is 3.61. The lowest BCUT2D eigenvalue weighted by Crippen LogP contribution is -2.28. The summed E-state index contributed by atoms with van der Waals surface area (Å²) >= 11 is 1.41. The Morgan fingerprint density at radius 2 is 1.86 bits per heavy atom. The maximum absolute atomic E-state index is 13.0. The van der Waals surface area contributed by atoms with Crippen LogP contribution in [0.4, 0.5) is 0 Å². The van der Waals surface area contributed by atoms with Crippen molar-refractivity contribution in [3.05, 3.63) is 52.8 Å². The molecule has 0 saturated carbocycles. The van der Waals surface area contributed by atoms with Gasteiger partial charge in [0.05, 0.1) is 17.3 Å². The summed E-state index contributed by atoms with van der Waals surface area (Å²) in [6.07, 6.45) is 1.66. The molecule has 1 aliphatic heterocycles. The molecular formula is C20H21N3O4S2. The fourth-order valence-electron chi connectivity index (χ4n) is 3.42. The minimum absolute atomic E-state index is 0.00339. The molecule has 1 amide bonds. The van der Waals surface area contributed by atoms with Crippen molar-refractivity contribution in [2.45, 2.75) is 17.7 Å². The number of carbonyl (C=O) groups excluding carboxylic acids is 1. The summed E-state index contributed by atoms with van der Waals surface area (Å²) in [4.78, 5) is 17.6. The number of hydrogen-bond donors (Lipinski definition) is 0. The number of aromatic nitrogens is 1. The molecule has 9 heteroatoms. The van der Waals surface area contributed by atoms with E-state index in [1.807, 2.05) is 35.9 Å². The molecule has 0 radical (unpaired) electrons. The number of para-hydroxylation sites is 1. The Bertz CT molecular complexity index is 1250. The van der Waals surface area contributed by atoms with Gasteiger partial charge >= 0.3 is 0 Å². The predicted octanol–water partition coefficient (Wildman–Crippen LogP) is 2.77. The number of carbonyl (C=O) groups is 1. The molecule has 29 heavy (non-hydrogen) atoms. The number of ether oxygens (including phenoxy) is 1. The summed E-state index contributed by atoms with van der Waals surface area (Å²) in [6, 6.07) is 12.2. The van der Waals surface area contributed by atoms with Crippen LogP contribution < -0.4 is 9.54 Å². The van der Waals surface area contributed by atoms with E-state index in [1.165, 1.54) is 34.9 Å². The lowest BCUT2D eigenvalue weighted by molar-refractivity contribution is 0.0997. The highest BCUT2D eigenvalue weighted by Gasteiger charge is 2.30. The van der Waals surface area contributed by atoms with Gasteiger partial charge in [-0.1, -0.05) is 23.5 Å². The maximum Gasteiger partial charge on any atom is 0.279 e. The van der Waals surface area contributed by atoms with Crippen LogP contribution in [-0.4, -0.2) is 43.4 Å². The molecule has 0 spiro atoms. The third-order valence-corrected chi connectivity index (χ3v) is 8.04. The Hall–Kier alpha value is -2.49. The first kappa shape index (κ1) is 19.8. The second kappa shape index (κ2) is 7.74. The molecule has 0 atom stereocenters. The van der Waals surface area contributed by atoms with Gasteiger partial charge in [0.25, 0.3) is 5.91 Å². The Labute approximate surface area is 172 Å². The minimum Gasteiger partial charge on any atom is -0.495 e. The molecule has 152 valence electrons. The summed E-state index contributed by atoms with van der Waals surface area (Å²) < 4.78 is 35.6. The quantitative estimate of drug-likeness (QED) is 0.636. The van der Waals surface area contributed by atoms with Gasteiger partial charge in [-0.3, -0.25) is 4.79 Å². The average Bonchev–Trinajstić information content (AvgIpc) is 3.37. The zero-order chi connectivity index (χ0) is 20.6. The van der Waals surface area contributed by atoms with Gasteiger partial charge in [0, 0.05) is 25.7 Å². The number of rotatable bonds is 4. The van der Waals surface area contributed by atoms with Gasteiger partial charge in [-0.2, -0.15) is 9.30 Å². The van der Waals surface area contributed by atoms with Crippen LogP contribution in [0.5, 0.6) is 5.75 Å². The Morgan fingerprint density at radius 3 is 2.55 bits per heavy atom. The summed E-state index contributed by atoms with van der Waals surface area (Å²) in [5.41, 5.74) is 1.19. The van der Waals surface area contributed by atoms with Crippen molar-refractivity contribution in [3.63, 3.8) is 0 Å². The largest absolute Gasteiger partial charge is 0.495 e. The van der Waals surface area contributed by atoms with Gasteiger partial charge < -0.3 is 9.30 Å². The highest BCUT2D eigenvalue weighted by atomic mass is 32.2. The maximum atomic E-state index is 13.0. The molecule has 7 nitrogen and oxygen atoms in total. The Morgan fingerprint density at radius 1 is 1.14 bits per heavy atom. The molecule has 0 N–H and O–H groups in total. The minimum atomic E-state index is -3.73. The molecule has 1 aromatic heterocycles. The third-order valence-electron chi connectivity index (χ3n) is 5.01. The highest BCUT2D eigenvalue weighted by Crippen LogP contribution is 2.30. The van der Waals surface area contributed by atoms with E-state index in [4.69, 9.17) is 4.74 Å². The second-order valence-electron chi connectivity index (χ2n) is 6.81. The van der Waals surface area contributed by atoms with Gasteiger partial charge in [0.1, 0.15) is 10.6 Å². The fraction of sp³-hybridized carbons (Fsp3) is 0.300. The number of sulfonamides is 1. The zero-order valence-electron chi connectivity index (χ0n) is 16.2. The second-order valence-corrected chi connectivity index (χ2v) is 9.72. The van der Waals surface area contributed by atoms with E-state index in [9.17, 15) is 13.2 Å². The topological polar surface area (TPSA) is 81.0 Å². The van der Waals surface area contributed by atoms with Crippen LogP contribution in [-0.2, 0) is 17.1 Å². The predicted molar refractivity (Wildman–Crippen MR) is 112 cm³/mol. The number of aryl methyl sites for hydroxylation is 1. The monoisotopic (exact) mass is 431 g/mol. The van der Waals surface area contributed by atoms with Crippen molar-refractivity contribution in [2.24, 2.45) is 12.0 Å². The van der Waals surface area contributed by atoms with E-state index in [-0.39, 0.29) is 16.2 Å². The Balaban J connectivity index is 1.77. The number of thiazole rings is 1. The summed E-state index contributed by atoms with van der Waals surface area (Å²) in [5.74, 6) is -0.270. The first-order valence-corrected chi connectivity index (χ1v) is 11.5. The molecule has 0 bridgehead atoms. The van der Waals surface area contributed by atoms with Crippen LogP contribution in [0.3, 0.4) is 0 Å². The molecule has 0 unspecified atom stereocenters. The molecule has 2 heterocycles. The number of hydrogen-bond acceptors (Lipinski definition) is 5. The lowest BCUT2D eigenvalue weighted by atomic mass is 10.2. The van der Waals surface area contributed by atoms with Crippen LogP contribution in [0.15, 0.2) is 52.4 Å². The van der Waals surface area contributed by atoms with E-state index in [2.05, 4.69) is 4.99 Å². The summed E-state index contributed by atoms with van der Waals surface area (Å²) in [6.45, 7) is 0.956. The lowest BCUT2D eigenvalue weighted by Gasteiger charge is -2.18. The molecule has 2 aromatic carbocycles. The highest BCUT2D eigenvalue weighted by molar-refractivity contribution is 7.89. The number of benzene rings is 2. The first-order chi connectivity index (χ1) is 13.9.